The third kappa shape index (κ3) is 5.90. The second-order valence-electron chi connectivity index (χ2n) is 9.24. The zero-order valence-electron chi connectivity index (χ0n) is 19.7. The van der Waals surface area contributed by atoms with Crippen LogP contribution in [0, 0.1) is 5.82 Å². The molecule has 0 radical (unpaired) electrons. The first kappa shape index (κ1) is 26.2. The number of amides is 1. The molecule has 1 aromatic carbocycles. The molecule has 0 spiro atoms. The van der Waals surface area contributed by atoms with Crippen LogP contribution in [0.15, 0.2) is 42.5 Å². The zero-order chi connectivity index (χ0) is 26.3. The Hall–Kier alpha value is -2.90. The predicted molar refractivity (Wildman–Crippen MR) is 136 cm³/mol. The van der Waals surface area contributed by atoms with Crippen LogP contribution in [0.1, 0.15) is 35.5 Å². The van der Waals surface area contributed by atoms with E-state index in [0.717, 1.165) is 11.3 Å². The number of benzene rings is 1. The first-order valence-electron chi connectivity index (χ1n) is 11.1. The normalized spacial score (nSPS) is 19.4. The van der Waals surface area contributed by atoms with Crippen molar-refractivity contribution in [2.24, 2.45) is 5.73 Å². The van der Waals surface area contributed by atoms with Gasteiger partial charge in [-0.3, -0.25) is 4.79 Å². The van der Waals surface area contributed by atoms with Gasteiger partial charge in [-0.15, -0.1) is 11.3 Å². The Morgan fingerprint density at radius 3 is 2.61 bits per heavy atom. The molecule has 6 N–H and O–H groups in total. The number of hydrogen-bond donors (Lipinski definition) is 5. The van der Waals surface area contributed by atoms with Crippen molar-refractivity contribution in [1.29, 1.82) is 0 Å². The lowest BCUT2D eigenvalue weighted by atomic mass is 9.96. The van der Waals surface area contributed by atoms with Crippen LogP contribution in [-0.2, 0) is 22.0 Å². The molecule has 2 aromatic heterocycles. The molecule has 36 heavy (non-hydrogen) atoms. The van der Waals surface area contributed by atoms with Crippen LogP contribution >= 0.6 is 11.3 Å². The van der Waals surface area contributed by atoms with Gasteiger partial charge in [0.25, 0.3) is 5.91 Å². The van der Waals surface area contributed by atoms with Crippen molar-refractivity contribution in [2.75, 3.05) is 16.8 Å². The highest BCUT2D eigenvalue weighted by molar-refractivity contribution is 7.91. The molecule has 1 aliphatic rings. The first-order chi connectivity index (χ1) is 16.8. The SMILES string of the molecule is CC(C)(O)c1ccc(-c2cc(C(N)=O)c(Nc3cccc(CNC4CS(=O)(=O)CC4O)n3)s2)c(F)c1. The molecule has 2 unspecified atom stereocenters. The summed E-state index contributed by atoms with van der Waals surface area (Å²) in [6.45, 7) is 3.35. The molecule has 2 atom stereocenters. The maximum Gasteiger partial charge on any atom is 0.251 e. The summed E-state index contributed by atoms with van der Waals surface area (Å²) in [4.78, 5) is 17.0. The molecule has 0 saturated carbocycles. The Balaban J connectivity index is 1.54. The molecule has 192 valence electrons. The molecule has 3 aromatic rings. The fourth-order valence-corrected chi connectivity index (χ4v) is 6.79. The highest BCUT2D eigenvalue weighted by Crippen LogP contribution is 2.38. The third-order valence-electron chi connectivity index (χ3n) is 5.85. The molecule has 3 heterocycles. The van der Waals surface area contributed by atoms with Gasteiger partial charge in [0.2, 0.25) is 0 Å². The highest BCUT2D eigenvalue weighted by Gasteiger charge is 2.36. The zero-order valence-corrected chi connectivity index (χ0v) is 21.3. The fraction of sp³-hybridized carbons (Fsp3) is 0.333. The van der Waals surface area contributed by atoms with Gasteiger partial charge in [0.15, 0.2) is 9.84 Å². The number of aliphatic hydroxyl groups is 2. The molecule has 0 aliphatic carbocycles. The number of carbonyl (C=O) groups is 1. The number of nitrogens with one attached hydrogen (secondary N) is 2. The molecule has 12 heteroatoms. The number of anilines is 2. The molecule has 1 saturated heterocycles. The van der Waals surface area contributed by atoms with E-state index in [0.29, 0.717) is 27.0 Å². The van der Waals surface area contributed by atoms with Crippen molar-refractivity contribution in [3.63, 3.8) is 0 Å². The van der Waals surface area contributed by atoms with Gasteiger partial charge in [-0.1, -0.05) is 18.2 Å². The highest BCUT2D eigenvalue weighted by atomic mass is 32.2. The number of rotatable bonds is 8. The molecule has 4 rings (SSSR count). The monoisotopic (exact) mass is 534 g/mol. The topological polar surface area (TPSA) is 155 Å². The van der Waals surface area contributed by atoms with E-state index < -0.39 is 39.3 Å². The summed E-state index contributed by atoms with van der Waals surface area (Å²) in [7, 11) is -3.27. The standard InChI is InChI=1S/C24H27FN4O5S2/c1-24(2,32)13-6-7-15(17(25)8-13)20-9-16(22(26)31)23(35-20)29-21-5-3-4-14(28-21)10-27-18-11-36(33,34)12-19(18)30/h3-9,18-19,27,30,32H,10-12H2,1-2H3,(H2,26,31)(H,28,29). The number of aliphatic hydroxyl groups excluding tert-OH is 1. The van der Waals surface area contributed by atoms with Gasteiger partial charge >= 0.3 is 0 Å². The molecule has 9 nitrogen and oxygen atoms in total. The van der Waals surface area contributed by atoms with Crippen molar-refractivity contribution in [3.8, 4) is 10.4 Å². The minimum absolute atomic E-state index is 0.139. The lowest BCUT2D eigenvalue weighted by molar-refractivity contribution is 0.0782. The van der Waals surface area contributed by atoms with Crippen molar-refractivity contribution < 1.29 is 27.8 Å². The van der Waals surface area contributed by atoms with Crippen LogP contribution < -0.4 is 16.4 Å². The van der Waals surface area contributed by atoms with Crippen molar-refractivity contribution in [3.05, 3.63) is 65.1 Å². The van der Waals surface area contributed by atoms with Gasteiger partial charge < -0.3 is 26.6 Å². The van der Waals surface area contributed by atoms with E-state index in [-0.39, 0.29) is 29.2 Å². The average molecular weight is 535 g/mol. The Labute approximate surface area is 212 Å². The van der Waals surface area contributed by atoms with Gasteiger partial charge in [0.05, 0.1) is 34.5 Å². The van der Waals surface area contributed by atoms with Crippen LogP contribution in [0.5, 0.6) is 0 Å². The summed E-state index contributed by atoms with van der Waals surface area (Å²) in [5.41, 5.74) is 5.80. The Morgan fingerprint density at radius 2 is 2.00 bits per heavy atom. The fourth-order valence-electron chi connectivity index (χ4n) is 3.92. The number of halogens is 1. The summed E-state index contributed by atoms with van der Waals surface area (Å²) in [6.07, 6.45) is -0.975. The number of nitrogens with zero attached hydrogens (tertiary/aromatic N) is 1. The largest absolute Gasteiger partial charge is 0.390 e. The summed E-state index contributed by atoms with van der Waals surface area (Å²) in [5, 5.41) is 26.5. The van der Waals surface area contributed by atoms with E-state index >= 15 is 0 Å². The molecule has 1 fully saturated rings. The third-order valence-corrected chi connectivity index (χ3v) is 8.66. The number of thiophene rings is 1. The van der Waals surface area contributed by atoms with Crippen LogP contribution in [0.4, 0.5) is 15.2 Å². The second kappa shape index (κ2) is 9.87. The Morgan fingerprint density at radius 1 is 1.25 bits per heavy atom. The number of nitrogens with two attached hydrogens (primary N) is 1. The Kier molecular flexibility index (Phi) is 7.17. The number of hydrogen-bond acceptors (Lipinski definition) is 9. The number of aromatic nitrogens is 1. The number of carbonyl (C=O) groups excluding carboxylic acids is 1. The van der Waals surface area contributed by atoms with Crippen LogP contribution in [0.3, 0.4) is 0 Å². The smallest absolute Gasteiger partial charge is 0.251 e. The van der Waals surface area contributed by atoms with Crippen LogP contribution in [-0.4, -0.2) is 53.2 Å². The summed E-state index contributed by atoms with van der Waals surface area (Å²) in [5.74, 6) is -1.23. The van der Waals surface area contributed by atoms with E-state index in [2.05, 4.69) is 15.6 Å². The van der Waals surface area contributed by atoms with Gasteiger partial charge in [-0.05, 0) is 43.7 Å². The summed E-state index contributed by atoms with van der Waals surface area (Å²) in [6, 6.07) is 10.5. The van der Waals surface area contributed by atoms with Crippen LogP contribution in [0.25, 0.3) is 10.4 Å². The Bertz CT molecular complexity index is 1400. The van der Waals surface area contributed by atoms with E-state index in [1.165, 1.54) is 12.1 Å². The van der Waals surface area contributed by atoms with Crippen molar-refractivity contribution in [2.45, 2.75) is 38.1 Å². The lowest BCUT2D eigenvalue weighted by Crippen LogP contribution is -2.38. The minimum Gasteiger partial charge on any atom is -0.390 e. The quantitative estimate of drug-likeness (QED) is 0.295. The number of primary amides is 1. The van der Waals surface area contributed by atoms with Gasteiger partial charge in [-0.2, -0.15) is 0 Å². The maximum atomic E-state index is 14.9. The molecule has 1 aliphatic heterocycles. The lowest BCUT2D eigenvalue weighted by Gasteiger charge is -2.18. The van der Waals surface area contributed by atoms with E-state index in [4.69, 9.17) is 5.73 Å². The second-order valence-corrected chi connectivity index (χ2v) is 12.4. The van der Waals surface area contributed by atoms with Gasteiger partial charge in [0.1, 0.15) is 16.6 Å². The average Bonchev–Trinajstić information content (AvgIpc) is 3.31. The first-order valence-corrected chi connectivity index (χ1v) is 13.8. The predicted octanol–water partition coefficient (Wildman–Crippen LogP) is 2.27. The molecular formula is C24H27FN4O5S2. The maximum absolute atomic E-state index is 14.9. The number of pyridine rings is 1. The van der Waals surface area contributed by atoms with Crippen molar-refractivity contribution in [1.82, 2.24) is 10.3 Å². The van der Waals surface area contributed by atoms with Gasteiger partial charge in [-0.25, -0.2) is 17.8 Å². The van der Waals surface area contributed by atoms with E-state index in [1.807, 2.05) is 0 Å². The van der Waals surface area contributed by atoms with Gasteiger partial charge in [0, 0.05) is 23.0 Å². The summed E-state index contributed by atoms with van der Waals surface area (Å²) < 4.78 is 38.3. The van der Waals surface area contributed by atoms with Crippen molar-refractivity contribution >= 4 is 37.9 Å². The van der Waals surface area contributed by atoms with Crippen LogP contribution in [0.2, 0.25) is 0 Å². The molecule has 1 amide bonds. The van der Waals surface area contributed by atoms with E-state index in [1.54, 1.807) is 44.2 Å². The molecule has 0 bridgehead atoms. The number of sulfone groups is 1. The minimum atomic E-state index is -3.27. The summed E-state index contributed by atoms with van der Waals surface area (Å²) >= 11 is 1.13. The van der Waals surface area contributed by atoms with E-state index in [9.17, 15) is 27.8 Å². The molecular weight excluding hydrogens is 507 g/mol.